The van der Waals surface area contributed by atoms with Crippen LogP contribution in [-0.2, 0) is 6.54 Å². The van der Waals surface area contributed by atoms with Gasteiger partial charge in [-0.05, 0) is 11.6 Å². The lowest BCUT2D eigenvalue weighted by Gasteiger charge is -1.93. The Labute approximate surface area is 114 Å². The fourth-order valence-electron chi connectivity index (χ4n) is 1.56. The van der Waals surface area contributed by atoms with Crippen LogP contribution in [0.15, 0.2) is 53.8 Å². The number of rotatable bonds is 4. The summed E-state index contributed by atoms with van der Waals surface area (Å²) >= 11 is 1.47. The largest absolute Gasteiger partial charge is 0.266 e. The van der Waals surface area contributed by atoms with Gasteiger partial charge < -0.3 is 0 Å². The van der Waals surface area contributed by atoms with Crippen LogP contribution >= 0.6 is 11.3 Å². The normalized spacial score (nSPS) is 11.2. The standard InChI is InChI=1S/C13H11N5S/c1-2-5-11(6-3-1)9-14-13-17-16-12(19-13)10-18-8-4-7-15-18/h1-9H,10H2/b14-9+. The second-order valence-electron chi connectivity index (χ2n) is 3.85. The zero-order chi connectivity index (χ0) is 12.9. The maximum Gasteiger partial charge on any atom is 0.231 e. The lowest BCUT2D eigenvalue weighted by Crippen LogP contribution is -1.98. The molecule has 0 amide bonds. The second-order valence-corrected chi connectivity index (χ2v) is 4.89. The van der Waals surface area contributed by atoms with E-state index in [0.717, 1.165) is 10.6 Å². The Kier molecular flexibility index (Phi) is 3.42. The molecule has 0 bridgehead atoms. The summed E-state index contributed by atoms with van der Waals surface area (Å²) in [5, 5.41) is 13.8. The highest BCUT2D eigenvalue weighted by Crippen LogP contribution is 2.18. The minimum absolute atomic E-state index is 0.630. The number of nitrogens with zero attached hydrogens (tertiary/aromatic N) is 5. The van der Waals surface area contributed by atoms with Crippen LogP contribution in [0.25, 0.3) is 0 Å². The van der Waals surface area contributed by atoms with Gasteiger partial charge in [-0.1, -0.05) is 41.7 Å². The highest BCUT2D eigenvalue weighted by Gasteiger charge is 2.03. The Morgan fingerprint density at radius 3 is 2.84 bits per heavy atom. The van der Waals surface area contributed by atoms with E-state index < -0.39 is 0 Å². The van der Waals surface area contributed by atoms with Crippen molar-refractivity contribution in [3.05, 3.63) is 59.4 Å². The quantitative estimate of drug-likeness (QED) is 0.684. The third-order valence-electron chi connectivity index (χ3n) is 2.44. The predicted octanol–water partition coefficient (Wildman–Crippen LogP) is 2.53. The number of aliphatic imine (C=N–C) groups is 1. The molecule has 1 aromatic carbocycles. The molecule has 2 heterocycles. The molecule has 0 aliphatic carbocycles. The molecule has 3 aromatic rings. The van der Waals surface area contributed by atoms with Gasteiger partial charge in [-0.2, -0.15) is 5.10 Å². The average molecular weight is 269 g/mol. The predicted molar refractivity (Wildman–Crippen MR) is 74.9 cm³/mol. The molecule has 6 heteroatoms. The molecule has 0 saturated heterocycles. The van der Waals surface area contributed by atoms with Gasteiger partial charge in [0.05, 0.1) is 6.54 Å². The van der Waals surface area contributed by atoms with E-state index in [4.69, 9.17) is 0 Å². The highest BCUT2D eigenvalue weighted by atomic mass is 32.1. The SMILES string of the molecule is C(=N\c1nnc(Cn2cccn2)s1)/c1ccccc1. The molecular formula is C13H11N5S. The second kappa shape index (κ2) is 5.53. The molecule has 0 radical (unpaired) electrons. The Balaban J connectivity index is 1.70. The van der Waals surface area contributed by atoms with Crippen molar-refractivity contribution in [2.24, 2.45) is 4.99 Å². The fourth-order valence-corrected chi connectivity index (χ4v) is 2.24. The molecule has 0 atom stereocenters. The van der Waals surface area contributed by atoms with Gasteiger partial charge >= 0.3 is 0 Å². The van der Waals surface area contributed by atoms with Crippen molar-refractivity contribution in [2.75, 3.05) is 0 Å². The first-order valence-electron chi connectivity index (χ1n) is 5.79. The van der Waals surface area contributed by atoms with Crippen molar-refractivity contribution in [3.63, 3.8) is 0 Å². The van der Waals surface area contributed by atoms with Crippen LogP contribution in [0.5, 0.6) is 0 Å². The summed E-state index contributed by atoms with van der Waals surface area (Å²) < 4.78 is 1.81. The van der Waals surface area contributed by atoms with E-state index in [1.807, 2.05) is 47.3 Å². The maximum absolute atomic E-state index is 4.32. The molecule has 0 saturated carbocycles. The van der Waals surface area contributed by atoms with Gasteiger partial charge in [-0.25, -0.2) is 4.99 Å². The minimum Gasteiger partial charge on any atom is -0.266 e. The van der Waals surface area contributed by atoms with E-state index in [-0.39, 0.29) is 0 Å². The molecule has 2 aromatic heterocycles. The Morgan fingerprint density at radius 1 is 1.16 bits per heavy atom. The minimum atomic E-state index is 0.630. The highest BCUT2D eigenvalue weighted by molar-refractivity contribution is 7.14. The van der Waals surface area contributed by atoms with Crippen molar-refractivity contribution >= 4 is 22.7 Å². The molecular weight excluding hydrogens is 258 g/mol. The average Bonchev–Trinajstić information content (AvgIpc) is 3.10. The summed E-state index contributed by atoms with van der Waals surface area (Å²) in [7, 11) is 0. The zero-order valence-corrected chi connectivity index (χ0v) is 10.9. The summed E-state index contributed by atoms with van der Waals surface area (Å²) in [4.78, 5) is 4.32. The summed E-state index contributed by atoms with van der Waals surface area (Å²) in [6, 6.07) is 11.8. The summed E-state index contributed by atoms with van der Waals surface area (Å²) in [5.74, 6) is 0. The molecule has 19 heavy (non-hydrogen) atoms. The molecule has 3 rings (SSSR count). The van der Waals surface area contributed by atoms with Gasteiger partial charge in [0.25, 0.3) is 0 Å². The summed E-state index contributed by atoms with van der Waals surface area (Å²) in [5.41, 5.74) is 1.05. The van der Waals surface area contributed by atoms with E-state index in [2.05, 4.69) is 20.3 Å². The van der Waals surface area contributed by atoms with Crippen LogP contribution in [0, 0.1) is 0 Å². The van der Waals surface area contributed by atoms with Crippen LogP contribution < -0.4 is 0 Å². The first-order valence-corrected chi connectivity index (χ1v) is 6.61. The first kappa shape index (κ1) is 11.7. The molecule has 0 unspecified atom stereocenters. The maximum atomic E-state index is 4.32. The lowest BCUT2D eigenvalue weighted by atomic mass is 10.2. The van der Waals surface area contributed by atoms with Crippen molar-refractivity contribution < 1.29 is 0 Å². The Hall–Kier alpha value is -2.34. The van der Waals surface area contributed by atoms with Crippen LogP contribution in [-0.4, -0.2) is 26.2 Å². The smallest absolute Gasteiger partial charge is 0.231 e. The number of aromatic nitrogens is 4. The zero-order valence-electron chi connectivity index (χ0n) is 10.0. The molecule has 0 spiro atoms. The van der Waals surface area contributed by atoms with Crippen molar-refractivity contribution in [3.8, 4) is 0 Å². The molecule has 0 aliphatic rings. The monoisotopic (exact) mass is 269 g/mol. The molecule has 0 aliphatic heterocycles. The Morgan fingerprint density at radius 2 is 2.05 bits per heavy atom. The van der Waals surface area contributed by atoms with Crippen LogP contribution in [0.3, 0.4) is 0 Å². The van der Waals surface area contributed by atoms with Crippen molar-refractivity contribution in [1.29, 1.82) is 0 Å². The third-order valence-corrected chi connectivity index (χ3v) is 3.25. The van der Waals surface area contributed by atoms with Gasteiger partial charge in [0.1, 0.15) is 5.01 Å². The van der Waals surface area contributed by atoms with Gasteiger partial charge in [-0.15, -0.1) is 10.2 Å². The molecule has 0 N–H and O–H groups in total. The lowest BCUT2D eigenvalue weighted by molar-refractivity contribution is 0.677. The fraction of sp³-hybridized carbons (Fsp3) is 0.0769. The first-order chi connectivity index (χ1) is 9.40. The van der Waals surface area contributed by atoms with Crippen LogP contribution in [0.4, 0.5) is 5.13 Å². The Bertz CT molecular complexity index is 657. The third kappa shape index (κ3) is 3.11. The number of benzene rings is 1. The number of hydrogen-bond donors (Lipinski definition) is 0. The van der Waals surface area contributed by atoms with E-state index in [1.54, 1.807) is 12.4 Å². The van der Waals surface area contributed by atoms with Crippen LogP contribution in [0.2, 0.25) is 0 Å². The molecule has 94 valence electrons. The van der Waals surface area contributed by atoms with Crippen LogP contribution in [0.1, 0.15) is 10.6 Å². The van der Waals surface area contributed by atoms with E-state index >= 15 is 0 Å². The van der Waals surface area contributed by atoms with Gasteiger partial charge in [0.2, 0.25) is 5.13 Å². The summed E-state index contributed by atoms with van der Waals surface area (Å²) in [6.07, 6.45) is 5.43. The summed E-state index contributed by atoms with van der Waals surface area (Å²) in [6.45, 7) is 0.630. The van der Waals surface area contributed by atoms with Gasteiger partial charge in [0.15, 0.2) is 0 Å². The number of hydrogen-bond acceptors (Lipinski definition) is 5. The van der Waals surface area contributed by atoms with Gasteiger partial charge in [-0.3, -0.25) is 4.68 Å². The van der Waals surface area contributed by atoms with E-state index in [9.17, 15) is 0 Å². The van der Waals surface area contributed by atoms with E-state index in [0.29, 0.717) is 11.7 Å². The van der Waals surface area contributed by atoms with E-state index in [1.165, 1.54) is 11.3 Å². The molecule has 5 nitrogen and oxygen atoms in total. The van der Waals surface area contributed by atoms with Crippen molar-refractivity contribution in [2.45, 2.75) is 6.54 Å². The van der Waals surface area contributed by atoms with Crippen molar-refractivity contribution in [1.82, 2.24) is 20.0 Å². The topological polar surface area (TPSA) is 56.0 Å². The molecule has 0 fully saturated rings. The van der Waals surface area contributed by atoms with Gasteiger partial charge in [0, 0.05) is 18.6 Å².